The van der Waals surface area contributed by atoms with Crippen molar-refractivity contribution in [2.24, 2.45) is 11.8 Å². The van der Waals surface area contributed by atoms with E-state index in [1.807, 2.05) is 6.92 Å². The van der Waals surface area contributed by atoms with E-state index in [-0.39, 0.29) is 22.8 Å². The van der Waals surface area contributed by atoms with Crippen LogP contribution in [0.3, 0.4) is 0 Å². The Balaban J connectivity index is 2.13. The highest BCUT2D eigenvalue weighted by atomic mass is 32.2. The normalized spacial score (nSPS) is 26.8. The van der Waals surface area contributed by atoms with Crippen molar-refractivity contribution >= 4 is 16.0 Å². The summed E-state index contributed by atoms with van der Waals surface area (Å²) in [6.45, 7) is 4.14. The zero-order chi connectivity index (χ0) is 14.9. The topological polar surface area (TPSA) is 96.6 Å². The van der Waals surface area contributed by atoms with Gasteiger partial charge < -0.3 is 9.52 Å². The van der Waals surface area contributed by atoms with Crippen LogP contribution in [0.5, 0.6) is 0 Å². The van der Waals surface area contributed by atoms with Crippen LogP contribution in [0.2, 0.25) is 0 Å². The second-order valence-electron chi connectivity index (χ2n) is 5.26. The summed E-state index contributed by atoms with van der Waals surface area (Å²) in [7, 11) is -3.80. The number of hydrogen-bond donors (Lipinski definition) is 2. The van der Waals surface area contributed by atoms with E-state index >= 15 is 0 Å². The van der Waals surface area contributed by atoms with Gasteiger partial charge in [0.1, 0.15) is 0 Å². The van der Waals surface area contributed by atoms with Crippen LogP contribution in [0.1, 0.15) is 43.7 Å². The molecule has 2 rings (SSSR count). The summed E-state index contributed by atoms with van der Waals surface area (Å²) in [6, 6.07) is 2.19. The molecule has 0 aromatic carbocycles. The van der Waals surface area contributed by atoms with Gasteiger partial charge in [0.2, 0.25) is 10.9 Å². The Morgan fingerprint density at radius 3 is 2.65 bits per heavy atom. The quantitative estimate of drug-likeness (QED) is 0.868. The van der Waals surface area contributed by atoms with Gasteiger partial charge in [-0.05, 0) is 36.8 Å². The SMILES string of the molecule is CCC1CCC(NS(=O)(=O)c2ccc(C(=O)O)o2)C1C. The van der Waals surface area contributed by atoms with Gasteiger partial charge in [-0.15, -0.1) is 0 Å². The molecule has 1 aliphatic carbocycles. The molecule has 0 bridgehead atoms. The minimum Gasteiger partial charge on any atom is -0.475 e. The number of nitrogens with one attached hydrogen (secondary N) is 1. The minimum absolute atomic E-state index is 0.122. The van der Waals surface area contributed by atoms with Crippen LogP contribution in [-0.2, 0) is 10.0 Å². The van der Waals surface area contributed by atoms with E-state index in [1.165, 1.54) is 6.07 Å². The molecule has 0 amide bonds. The zero-order valence-corrected chi connectivity index (χ0v) is 12.3. The van der Waals surface area contributed by atoms with E-state index in [1.54, 1.807) is 0 Å². The van der Waals surface area contributed by atoms with Crippen molar-refractivity contribution in [3.8, 4) is 0 Å². The second kappa shape index (κ2) is 5.57. The molecule has 1 aliphatic rings. The Bertz CT molecular complexity index is 592. The number of hydrogen-bond acceptors (Lipinski definition) is 4. The van der Waals surface area contributed by atoms with Crippen LogP contribution in [0.25, 0.3) is 0 Å². The fourth-order valence-corrected chi connectivity index (χ4v) is 4.12. The molecule has 7 heteroatoms. The largest absolute Gasteiger partial charge is 0.475 e. The Labute approximate surface area is 118 Å². The average molecular weight is 301 g/mol. The highest BCUT2D eigenvalue weighted by molar-refractivity contribution is 7.89. The molecule has 1 aromatic rings. The van der Waals surface area contributed by atoms with Crippen molar-refractivity contribution in [1.82, 2.24) is 4.72 Å². The summed E-state index contributed by atoms with van der Waals surface area (Å²) in [5.41, 5.74) is 0. The Morgan fingerprint density at radius 1 is 1.45 bits per heavy atom. The molecule has 3 atom stereocenters. The van der Waals surface area contributed by atoms with Crippen molar-refractivity contribution in [2.75, 3.05) is 0 Å². The Morgan fingerprint density at radius 2 is 2.15 bits per heavy atom. The molecule has 1 fully saturated rings. The van der Waals surface area contributed by atoms with Crippen molar-refractivity contribution in [1.29, 1.82) is 0 Å². The van der Waals surface area contributed by atoms with Crippen molar-refractivity contribution in [3.63, 3.8) is 0 Å². The standard InChI is InChI=1S/C13H19NO5S/c1-3-9-4-5-10(8(9)2)14-20(17,18)12-7-6-11(19-12)13(15)16/h6-10,14H,3-5H2,1-2H3,(H,15,16). The van der Waals surface area contributed by atoms with Crippen molar-refractivity contribution < 1.29 is 22.7 Å². The summed E-state index contributed by atoms with van der Waals surface area (Å²) in [6.07, 6.45) is 2.83. The van der Waals surface area contributed by atoms with Gasteiger partial charge in [-0.1, -0.05) is 20.3 Å². The smallest absolute Gasteiger partial charge is 0.371 e. The van der Waals surface area contributed by atoms with Crippen molar-refractivity contribution in [3.05, 3.63) is 17.9 Å². The minimum atomic E-state index is -3.80. The lowest BCUT2D eigenvalue weighted by atomic mass is 9.94. The molecule has 6 nitrogen and oxygen atoms in total. The fourth-order valence-electron chi connectivity index (χ4n) is 2.83. The van der Waals surface area contributed by atoms with Gasteiger partial charge in [0.15, 0.2) is 0 Å². The lowest BCUT2D eigenvalue weighted by Crippen LogP contribution is -2.37. The van der Waals surface area contributed by atoms with Crippen molar-refractivity contribution in [2.45, 2.75) is 44.2 Å². The molecule has 0 radical (unpaired) electrons. The number of rotatable bonds is 5. The first-order valence-electron chi connectivity index (χ1n) is 6.70. The number of furan rings is 1. The van der Waals surface area contributed by atoms with Crippen LogP contribution in [0, 0.1) is 11.8 Å². The van der Waals surface area contributed by atoms with Gasteiger partial charge >= 0.3 is 5.97 Å². The van der Waals surface area contributed by atoms with E-state index in [2.05, 4.69) is 11.6 Å². The first-order chi connectivity index (χ1) is 9.35. The average Bonchev–Trinajstić information content (AvgIpc) is 2.98. The zero-order valence-electron chi connectivity index (χ0n) is 11.5. The van der Waals surface area contributed by atoms with Gasteiger partial charge in [-0.25, -0.2) is 17.9 Å². The van der Waals surface area contributed by atoms with Crippen LogP contribution in [0.15, 0.2) is 21.6 Å². The van der Waals surface area contributed by atoms with E-state index in [4.69, 9.17) is 9.52 Å². The first kappa shape index (κ1) is 15.1. The summed E-state index contributed by atoms with van der Waals surface area (Å²) in [5, 5.41) is 8.40. The third-order valence-electron chi connectivity index (χ3n) is 4.11. The molecule has 0 saturated heterocycles. The third-order valence-corrected chi connectivity index (χ3v) is 5.48. The van der Waals surface area contributed by atoms with E-state index in [9.17, 15) is 13.2 Å². The molecule has 20 heavy (non-hydrogen) atoms. The fraction of sp³-hybridized carbons (Fsp3) is 0.615. The third kappa shape index (κ3) is 2.88. The molecule has 1 saturated carbocycles. The van der Waals surface area contributed by atoms with Gasteiger partial charge in [-0.3, -0.25) is 0 Å². The molecular weight excluding hydrogens is 282 g/mol. The summed E-state index contributed by atoms with van der Waals surface area (Å²) >= 11 is 0. The Kier molecular flexibility index (Phi) is 4.19. The number of carbonyl (C=O) groups is 1. The van der Waals surface area contributed by atoms with Gasteiger partial charge in [0, 0.05) is 6.04 Å². The lowest BCUT2D eigenvalue weighted by Gasteiger charge is -2.20. The first-order valence-corrected chi connectivity index (χ1v) is 8.19. The maximum absolute atomic E-state index is 12.2. The van der Waals surface area contributed by atoms with Crippen LogP contribution in [-0.4, -0.2) is 25.5 Å². The van der Waals surface area contributed by atoms with Crippen LogP contribution < -0.4 is 4.72 Å². The molecule has 1 aromatic heterocycles. The molecule has 0 aliphatic heterocycles. The molecule has 1 heterocycles. The molecular formula is C13H19NO5S. The molecule has 3 unspecified atom stereocenters. The number of carboxylic acids is 1. The summed E-state index contributed by atoms with van der Waals surface area (Å²) in [4.78, 5) is 10.7. The molecule has 0 spiro atoms. The maximum atomic E-state index is 12.2. The van der Waals surface area contributed by atoms with E-state index < -0.39 is 16.0 Å². The second-order valence-corrected chi connectivity index (χ2v) is 6.90. The van der Waals surface area contributed by atoms with E-state index in [0.717, 1.165) is 25.3 Å². The predicted octanol–water partition coefficient (Wildman–Crippen LogP) is 2.08. The number of sulfonamides is 1. The van der Waals surface area contributed by atoms with Gasteiger partial charge in [0.25, 0.3) is 10.0 Å². The summed E-state index contributed by atoms with van der Waals surface area (Å²) < 4.78 is 31.8. The maximum Gasteiger partial charge on any atom is 0.371 e. The Hall–Kier alpha value is -1.34. The number of aromatic carboxylic acids is 1. The van der Waals surface area contributed by atoms with Crippen LogP contribution in [0.4, 0.5) is 0 Å². The van der Waals surface area contributed by atoms with Gasteiger partial charge in [-0.2, -0.15) is 0 Å². The highest BCUT2D eigenvalue weighted by Gasteiger charge is 2.35. The monoisotopic (exact) mass is 301 g/mol. The molecule has 2 N–H and O–H groups in total. The lowest BCUT2D eigenvalue weighted by molar-refractivity contribution is 0.0656. The highest BCUT2D eigenvalue weighted by Crippen LogP contribution is 2.34. The number of carboxylic acid groups (broad SMARTS) is 1. The van der Waals surface area contributed by atoms with Gasteiger partial charge in [0.05, 0.1) is 0 Å². The summed E-state index contributed by atoms with van der Waals surface area (Å²) in [5.74, 6) is -0.874. The predicted molar refractivity (Wildman–Crippen MR) is 72.0 cm³/mol. The molecule has 112 valence electrons. The van der Waals surface area contributed by atoms with Crippen LogP contribution >= 0.6 is 0 Å². The van der Waals surface area contributed by atoms with E-state index in [0.29, 0.717) is 5.92 Å².